The molecule has 0 saturated carbocycles. The molecule has 0 heterocycles. The van der Waals surface area contributed by atoms with Crippen LogP contribution in [0.25, 0.3) is 0 Å². The Morgan fingerprint density at radius 1 is 1.29 bits per heavy atom. The number of aliphatic hydroxyl groups is 1. The topological polar surface area (TPSA) is 29.5 Å². The normalized spacial score (nSPS) is 19.6. The Kier molecular flexibility index (Phi) is 4.82. The molecule has 84 valence electrons. The van der Waals surface area contributed by atoms with E-state index in [4.69, 9.17) is 4.74 Å². The van der Waals surface area contributed by atoms with Crippen LogP contribution in [0.15, 0.2) is 12.2 Å². The van der Waals surface area contributed by atoms with E-state index in [2.05, 4.69) is 20.8 Å². The monoisotopic (exact) mass is 200 g/mol. The highest BCUT2D eigenvalue weighted by atomic mass is 16.5. The summed E-state index contributed by atoms with van der Waals surface area (Å²) in [5.41, 5.74) is -0.656. The molecule has 0 aromatic heterocycles. The summed E-state index contributed by atoms with van der Waals surface area (Å²) in [4.78, 5) is 0. The molecule has 0 bridgehead atoms. The van der Waals surface area contributed by atoms with Crippen LogP contribution in [0, 0.1) is 5.41 Å². The van der Waals surface area contributed by atoms with E-state index in [1.807, 2.05) is 19.1 Å². The van der Waals surface area contributed by atoms with Gasteiger partial charge in [0.1, 0.15) is 0 Å². The first kappa shape index (κ1) is 13.7. The molecule has 1 N–H and O–H groups in total. The third-order valence-electron chi connectivity index (χ3n) is 2.45. The molecule has 0 radical (unpaired) electrons. The Morgan fingerprint density at radius 2 is 1.79 bits per heavy atom. The SMILES string of the molecule is CCC(C)(O)/C=C/C(OC)C(C)(C)C. The van der Waals surface area contributed by atoms with Gasteiger partial charge in [0.15, 0.2) is 0 Å². The van der Waals surface area contributed by atoms with Crippen LogP contribution in [-0.2, 0) is 4.74 Å². The molecule has 0 aliphatic rings. The van der Waals surface area contributed by atoms with E-state index in [1.165, 1.54) is 0 Å². The molecular weight excluding hydrogens is 176 g/mol. The summed E-state index contributed by atoms with van der Waals surface area (Å²) in [6.45, 7) is 10.1. The zero-order valence-electron chi connectivity index (χ0n) is 10.3. The van der Waals surface area contributed by atoms with Crippen LogP contribution in [0.1, 0.15) is 41.0 Å². The van der Waals surface area contributed by atoms with Gasteiger partial charge in [0.25, 0.3) is 0 Å². The first-order valence-electron chi connectivity index (χ1n) is 5.17. The highest BCUT2D eigenvalue weighted by molar-refractivity contribution is 5.03. The maximum absolute atomic E-state index is 9.79. The van der Waals surface area contributed by atoms with E-state index in [0.29, 0.717) is 6.42 Å². The third-order valence-corrected chi connectivity index (χ3v) is 2.45. The summed E-state index contributed by atoms with van der Waals surface area (Å²) < 4.78 is 5.36. The quantitative estimate of drug-likeness (QED) is 0.707. The van der Waals surface area contributed by atoms with Gasteiger partial charge in [-0.15, -0.1) is 0 Å². The van der Waals surface area contributed by atoms with Gasteiger partial charge in [0.2, 0.25) is 0 Å². The van der Waals surface area contributed by atoms with Gasteiger partial charge in [-0.1, -0.05) is 39.8 Å². The fourth-order valence-electron chi connectivity index (χ4n) is 1.13. The lowest BCUT2D eigenvalue weighted by molar-refractivity contribution is 0.0497. The minimum Gasteiger partial charge on any atom is -0.386 e. The van der Waals surface area contributed by atoms with E-state index >= 15 is 0 Å². The Labute approximate surface area is 88.0 Å². The fourth-order valence-corrected chi connectivity index (χ4v) is 1.13. The predicted molar refractivity (Wildman–Crippen MR) is 60.3 cm³/mol. The van der Waals surface area contributed by atoms with E-state index < -0.39 is 5.60 Å². The second-order valence-electron chi connectivity index (χ2n) is 5.09. The average molecular weight is 200 g/mol. The van der Waals surface area contributed by atoms with E-state index in [-0.39, 0.29) is 11.5 Å². The summed E-state index contributed by atoms with van der Waals surface area (Å²) in [6.07, 6.45) is 4.53. The number of hydrogen-bond donors (Lipinski definition) is 1. The van der Waals surface area contributed by atoms with Crippen LogP contribution >= 0.6 is 0 Å². The van der Waals surface area contributed by atoms with Crippen LogP contribution in [0.3, 0.4) is 0 Å². The van der Waals surface area contributed by atoms with E-state index in [1.54, 1.807) is 14.0 Å². The third kappa shape index (κ3) is 4.77. The second-order valence-corrected chi connectivity index (χ2v) is 5.09. The molecule has 0 rings (SSSR count). The second kappa shape index (κ2) is 4.94. The molecule has 0 aliphatic heterocycles. The van der Waals surface area contributed by atoms with Gasteiger partial charge in [-0.3, -0.25) is 0 Å². The minimum absolute atomic E-state index is 0.0422. The predicted octanol–water partition coefficient (Wildman–Crippen LogP) is 2.76. The Hall–Kier alpha value is -0.340. The molecule has 2 atom stereocenters. The number of methoxy groups -OCH3 is 1. The van der Waals surface area contributed by atoms with Gasteiger partial charge in [-0.05, 0) is 18.8 Å². The van der Waals surface area contributed by atoms with Crippen molar-refractivity contribution in [2.24, 2.45) is 5.41 Å². The van der Waals surface area contributed by atoms with Gasteiger partial charge in [-0.25, -0.2) is 0 Å². The molecule has 2 unspecified atom stereocenters. The van der Waals surface area contributed by atoms with Crippen molar-refractivity contribution < 1.29 is 9.84 Å². The van der Waals surface area contributed by atoms with Crippen LogP contribution in [0.5, 0.6) is 0 Å². The molecule has 14 heavy (non-hydrogen) atoms. The lowest BCUT2D eigenvalue weighted by Gasteiger charge is -2.27. The zero-order chi connectivity index (χ0) is 11.4. The number of ether oxygens (including phenoxy) is 1. The molecule has 0 fully saturated rings. The lowest BCUT2D eigenvalue weighted by Crippen LogP contribution is -2.28. The molecule has 2 nitrogen and oxygen atoms in total. The van der Waals surface area contributed by atoms with E-state index in [0.717, 1.165) is 0 Å². The summed E-state index contributed by atoms with van der Waals surface area (Å²) in [6, 6.07) is 0. The fraction of sp³-hybridized carbons (Fsp3) is 0.833. The zero-order valence-corrected chi connectivity index (χ0v) is 10.3. The molecule has 0 aliphatic carbocycles. The first-order valence-corrected chi connectivity index (χ1v) is 5.17. The van der Waals surface area contributed by atoms with Gasteiger partial charge in [0.05, 0.1) is 11.7 Å². The van der Waals surface area contributed by atoms with Crippen LogP contribution in [0.4, 0.5) is 0 Å². The van der Waals surface area contributed by atoms with Crippen molar-refractivity contribution >= 4 is 0 Å². The molecule has 0 spiro atoms. The van der Waals surface area contributed by atoms with Gasteiger partial charge < -0.3 is 9.84 Å². The molecule has 0 amide bonds. The average Bonchev–Trinajstić information content (AvgIpc) is 2.03. The Bertz CT molecular complexity index is 187. The largest absolute Gasteiger partial charge is 0.386 e. The summed E-state index contributed by atoms with van der Waals surface area (Å²) in [7, 11) is 1.70. The van der Waals surface area contributed by atoms with Crippen LogP contribution in [-0.4, -0.2) is 23.9 Å². The first-order chi connectivity index (χ1) is 6.23. The highest BCUT2D eigenvalue weighted by Crippen LogP contribution is 2.24. The van der Waals surface area contributed by atoms with Gasteiger partial charge >= 0.3 is 0 Å². The van der Waals surface area contributed by atoms with Crippen molar-refractivity contribution in [3.05, 3.63) is 12.2 Å². The minimum atomic E-state index is -0.720. The van der Waals surface area contributed by atoms with E-state index in [9.17, 15) is 5.11 Å². The van der Waals surface area contributed by atoms with Crippen molar-refractivity contribution in [2.45, 2.75) is 52.7 Å². The van der Waals surface area contributed by atoms with Crippen molar-refractivity contribution in [2.75, 3.05) is 7.11 Å². The maximum Gasteiger partial charge on any atom is 0.0801 e. The number of rotatable bonds is 4. The molecule has 2 heteroatoms. The molecule has 0 saturated heterocycles. The molecule has 0 aromatic rings. The summed E-state index contributed by atoms with van der Waals surface area (Å²) >= 11 is 0. The molecule has 0 aromatic carbocycles. The van der Waals surface area contributed by atoms with Crippen molar-refractivity contribution in [3.63, 3.8) is 0 Å². The Morgan fingerprint density at radius 3 is 2.07 bits per heavy atom. The van der Waals surface area contributed by atoms with Crippen molar-refractivity contribution in [1.29, 1.82) is 0 Å². The highest BCUT2D eigenvalue weighted by Gasteiger charge is 2.23. The van der Waals surface area contributed by atoms with Crippen LogP contribution < -0.4 is 0 Å². The Balaban J connectivity index is 4.47. The van der Waals surface area contributed by atoms with Crippen molar-refractivity contribution in [3.8, 4) is 0 Å². The lowest BCUT2D eigenvalue weighted by atomic mass is 9.87. The maximum atomic E-state index is 9.79. The number of hydrogen-bond acceptors (Lipinski definition) is 2. The summed E-state index contributed by atoms with van der Waals surface area (Å²) in [5.74, 6) is 0. The van der Waals surface area contributed by atoms with Crippen molar-refractivity contribution in [1.82, 2.24) is 0 Å². The van der Waals surface area contributed by atoms with Gasteiger partial charge in [0, 0.05) is 7.11 Å². The smallest absolute Gasteiger partial charge is 0.0801 e. The van der Waals surface area contributed by atoms with Gasteiger partial charge in [-0.2, -0.15) is 0 Å². The molecular formula is C12H24O2. The van der Waals surface area contributed by atoms with Crippen LogP contribution in [0.2, 0.25) is 0 Å². The standard InChI is InChI=1S/C12H24O2/c1-7-12(5,13)9-8-10(14-6)11(2,3)4/h8-10,13H,7H2,1-6H3/b9-8+. The summed E-state index contributed by atoms with van der Waals surface area (Å²) in [5, 5.41) is 9.79.